The number of halogens is 2. The molecule has 15 nitrogen and oxygen atoms in total. The minimum absolute atomic E-state index is 0.0125. The molecule has 1 aliphatic heterocycles. The van der Waals surface area contributed by atoms with Gasteiger partial charge in [0.15, 0.2) is 5.82 Å². The van der Waals surface area contributed by atoms with E-state index in [4.69, 9.17) is 43.1 Å². The summed E-state index contributed by atoms with van der Waals surface area (Å²) >= 11 is 12.9. The number of ether oxygens (including phenoxy) is 3. The maximum atomic E-state index is 13.3. The monoisotopic (exact) mass is 606 g/mol. The van der Waals surface area contributed by atoms with Crippen molar-refractivity contribution in [2.24, 2.45) is 0 Å². The summed E-state index contributed by atoms with van der Waals surface area (Å²) in [7, 11) is 1.26. The number of H-pyrrole nitrogens is 1. The minimum atomic E-state index is -0.932. The van der Waals surface area contributed by atoms with Gasteiger partial charge >= 0.3 is 11.9 Å². The van der Waals surface area contributed by atoms with Gasteiger partial charge in [-0.15, -0.1) is 15.3 Å². The number of nitrogens with zero attached hydrogens (tertiary/aromatic N) is 6. The van der Waals surface area contributed by atoms with Crippen LogP contribution in [0.25, 0.3) is 0 Å². The van der Waals surface area contributed by atoms with Crippen LogP contribution in [0.1, 0.15) is 31.2 Å². The Bertz CT molecular complexity index is 1480. The Kier molecular flexibility index (Phi) is 9.75. The van der Waals surface area contributed by atoms with Crippen LogP contribution in [0.15, 0.2) is 40.7 Å². The number of methoxy groups -OCH3 is 1. The van der Waals surface area contributed by atoms with Crippen LogP contribution in [0.5, 0.6) is 0 Å². The van der Waals surface area contributed by atoms with E-state index in [1.165, 1.54) is 11.9 Å². The van der Waals surface area contributed by atoms with Gasteiger partial charge in [-0.25, -0.2) is 14.7 Å². The molecule has 0 aliphatic carbocycles. The Labute approximate surface area is 244 Å². The molecule has 17 heteroatoms. The molecule has 0 amide bonds. The van der Waals surface area contributed by atoms with Gasteiger partial charge in [0.2, 0.25) is 11.9 Å². The number of hydrogen-bond donors (Lipinski definition) is 4. The molecule has 0 bridgehead atoms. The summed E-state index contributed by atoms with van der Waals surface area (Å²) in [5.74, 6) is -1.35. The highest BCUT2D eigenvalue weighted by Crippen LogP contribution is 2.43. The lowest BCUT2D eigenvalue weighted by Gasteiger charge is -2.31. The van der Waals surface area contributed by atoms with E-state index in [9.17, 15) is 9.59 Å². The number of nitrogens with one attached hydrogen (secondary N) is 3. The summed E-state index contributed by atoms with van der Waals surface area (Å²) in [6.07, 6.45) is 0. The SMILES string of the molecule is CCOC(=O)C1=C(COCc2nnn(CCNc3n[nH]c(N)n3)n2)NC(C)=C(C(=O)OC)C1c1cccc(Cl)c1Cl. The second-order valence-electron chi connectivity index (χ2n) is 8.61. The Balaban J connectivity index is 1.54. The van der Waals surface area contributed by atoms with Crippen LogP contribution in [0, 0.1) is 0 Å². The van der Waals surface area contributed by atoms with Gasteiger partial charge in [-0.3, -0.25) is 0 Å². The largest absolute Gasteiger partial charge is 0.466 e. The van der Waals surface area contributed by atoms with Crippen molar-refractivity contribution in [2.75, 3.05) is 37.9 Å². The van der Waals surface area contributed by atoms with Crippen molar-refractivity contribution in [1.29, 1.82) is 0 Å². The first-order chi connectivity index (χ1) is 19.7. The van der Waals surface area contributed by atoms with Crippen molar-refractivity contribution in [1.82, 2.24) is 40.7 Å². The fourth-order valence-electron chi connectivity index (χ4n) is 4.19. The van der Waals surface area contributed by atoms with Crippen molar-refractivity contribution in [3.05, 3.63) is 62.2 Å². The number of aromatic nitrogens is 7. The van der Waals surface area contributed by atoms with Gasteiger partial charge in [-0.05, 0) is 30.7 Å². The average Bonchev–Trinajstić information content (AvgIpc) is 3.58. The maximum Gasteiger partial charge on any atom is 0.336 e. The molecule has 3 heterocycles. The van der Waals surface area contributed by atoms with Gasteiger partial charge in [-0.1, -0.05) is 35.3 Å². The molecule has 0 spiro atoms. The zero-order valence-corrected chi connectivity index (χ0v) is 23.9. The van der Waals surface area contributed by atoms with E-state index in [-0.39, 0.29) is 47.0 Å². The number of nitrogen functional groups attached to an aromatic ring is 1. The quantitative estimate of drug-likeness (QED) is 0.218. The summed E-state index contributed by atoms with van der Waals surface area (Å²) in [6, 6.07) is 4.98. The van der Waals surface area contributed by atoms with Gasteiger partial charge in [0, 0.05) is 12.2 Å². The van der Waals surface area contributed by atoms with Crippen LogP contribution >= 0.6 is 23.2 Å². The first-order valence-corrected chi connectivity index (χ1v) is 13.1. The summed E-state index contributed by atoms with van der Waals surface area (Å²) < 4.78 is 16.3. The van der Waals surface area contributed by atoms with Crippen LogP contribution < -0.4 is 16.4 Å². The third-order valence-electron chi connectivity index (χ3n) is 5.91. The molecule has 0 saturated heterocycles. The van der Waals surface area contributed by atoms with Gasteiger partial charge in [0.1, 0.15) is 6.61 Å². The highest BCUT2D eigenvalue weighted by atomic mass is 35.5. The fraction of sp³-hybridized carbons (Fsp3) is 0.375. The van der Waals surface area contributed by atoms with E-state index in [0.717, 1.165) is 0 Å². The minimum Gasteiger partial charge on any atom is -0.466 e. The number of tetrazole rings is 1. The molecule has 0 fully saturated rings. The zero-order valence-electron chi connectivity index (χ0n) is 22.4. The molecule has 1 aromatic carbocycles. The summed E-state index contributed by atoms with van der Waals surface area (Å²) in [5, 5.41) is 25.2. The standard InChI is InChI=1S/C24H28Cl2N10O5/c1-4-41-22(38)19-15(10-40-11-16-31-35-36(34-16)9-8-28-24-30-23(27)32-33-24)29-12(2)17(21(37)39-3)18(19)13-6-5-7-14(25)20(13)26/h5-7,18,29H,4,8-11H2,1-3H3,(H4,27,28,30,32,33). The normalized spacial score (nSPS) is 15.1. The number of carbonyl (C=O) groups is 2. The Hall–Kier alpha value is -4.21. The van der Waals surface area contributed by atoms with Crippen LogP contribution in [0.3, 0.4) is 0 Å². The molecule has 0 saturated carbocycles. The number of benzene rings is 1. The van der Waals surface area contributed by atoms with E-state index < -0.39 is 17.9 Å². The van der Waals surface area contributed by atoms with Gasteiger partial charge < -0.3 is 30.6 Å². The fourth-order valence-corrected chi connectivity index (χ4v) is 4.61. The Morgan fingerprint density at radius 2 is 2.00 bits per heavy atom. The predicted octanol–water partition coefficient (Wildman–Crippen LogP) is 1.96. The van der Waals surface area contributed by atoms with Crippen molar-refractivity contribution in [3.63, 3.8) is 0 Å². The maximum absolute atomic E-state index is 13.3. The summed E-state index contributed by atoms with van der Waals surface area (Å²) in [4.78, 5) is 31.5. The molecule has 41 heavy (non-hydrogen) atoms. The molecular weight excluding hydrogens is 579 g/mol. The van der Waals surface area contributed by atoms with Crippen LogP contribution in [-0.2, 0) is 37.0 Å². The molecule has 1 atom stereocenters. The lowest BCUT2D eigenvalue weighted by molar-refractivity contribution is -0.139. The lowest BCUT2D eigenvalue weighted by atomic mass is 9.80. The average molecular weight is 607 g/mol. The molecule has 0 radical (unpaired) electrons. The lowest BCUT2D eigenvalue weighted by Crippen LogP contribution is -2.34. The third kappa shape index (κ3) is 6.93. The first-order valence-electron chi connectivity index (χ1n) is 12.4. The zero-order chi connectivity index (χ0) is 29.5. The summed E-state index contributed by atoms with van der Waals surface area (Å²) in [6.45, 7) is 4.19. The first kappa shape index (κ1) is 29.8. The second-order valence-corrected chi connectivity index (χ2v) is 9.39. The van der Waals surface area contributed by atoms with Gasteiger partial charge in [0.05, 0.1) is 59.7 Å². The Morgan fingerprint density at radius 1 is 1.20 bits per heavy atom. The van der Waals surface area contributed by atoms with Crippen molar-refractivity contribution >= 4 is 47.0 Å². The number of rotatable bonds is 12. The third-order valence-corrected chi connectivity index (χ3v) is 6.74. The number of carbonyl (C=O) groups excluding carboxylic acids is 2. The van der Waals surface area contributed by atoms with Gasteiger partial charge in [0.25, 0.3) is 0 Å². The molecular formula is C24H28Cl2N10O5. The molecule has 218 valence electrons. The number of nitrogens with two attached hydrogens (primary N) is 1. The molecule has 5 N–H and O–H groups in total. The number of dihydropyridines is 1. The highest BCUT2D eigenvalue weighted by molar-refractivity contribution is 6.42. The number of allylic oxidation sites excluding steroid dienone is 1. The molecule has 2 aromatic heterocycles. The van der Waals surface area contributed by atoms with E-state index in [1.54, 1.807) is 32.0 Å². The van der Waals surface area contributed by atoms with Crippen molar-refractivity contribution in [3.8, 4) is 0 Å². The molecule has 1 aliphatic rings. The van der Waals surface area contributed by atoms with Crippen molar-refractivity contribution in [2.45, 2.75) is 32.9 Å². The van der Waals surface area contributed by atoms with Crippen LogP contribution in [0.2, 0.25) is 10.0 Å². The second kappa shape index (κ2) is 13.4. The van der Waals surface area contributed by atoms with Crippen LogP contribution in [-0.4, -0.2) is 74.2 Å². The van der Waals surface area contributed by atoms with E-state index >= 15 is 0 Å². The van der Waals surface area contributed by atoms with Gasteiger partial charge in [-0.2, -0.15) is 9.78 Å². The van der Waals surface area contributed by atoms with Crippen molar-refractivity contribution < 1.29 is 23.8 Å². The number of esters is 2. The number of hydrogen-bond acceptors (Lipinski definition) is 13. The van der Waals surface area contributed by atoms with E-state index in [1.807, 2.05) is 0 Å². The predicted molar refractivity (Wildman–Crippen MR) is 147 cm³/mol. The smallest absolute Gasteiger partial charge is 0.336 e. The number of aromatic amines is 1. The topological polar surface area (TPSA) is 197 Å². The van der Waals surface area contributed by atoms with E-state index in [0.29, 0.717) is 41.8 Å². The molecule has 4 rings (SSSR count). The highest BCUT2D eigenvalue weighted by Gasteiger charge is 2.40. The number of anilines is 2. The molecule has 1 unspecified atom stereocenters. The molecule has 3 aromatic rings. The van der Waals surface area contributed by atoms with E-state index in [2.05, 4.69) is 41.2 Å². The summed E-state index contributed by atoms with van der Waals surface area (Å²) in [5.41, 5.74) is 7.09. The Morgan fingerprint density at radius 3 is 2.71 bits per heavy atom. The van der Waals surface area contributed by atoms with Crippen LogP contribution in [0.4, 0.5) is 11.9 Å².